The molecule has 7 nitrogen and oxygen atoms in total. The number of hydrogen-bond donors (Lipinski definition) is 1. The number of nitrogens with zero attached hydrogens (tertiary/aromatic N) is 5. The normalized spacial score (nSPS) is 11.4. The van der Waals surface area contributed by atoms with Crippen LogP contribution in [-0.2, 0) is 18.3 Å². The molecular weight excluding hydrogens is 244 g/mol. The fourth-order valence-electron chi connectivity index (χ4n) is 1.90. The van der Waals surface area contributed by atoms with Crippen molar-refractivity contribution in [3.63, 3.8) is 0 Å². The second-order valence-electron chi connectivity index (χ2n) is 4.47. The van der Waals surface area contributed by atoms with E-state index in [1.165, 1.54) is 0 Å². The lowest BCUT2D eigenvalue weighted by atomic mass is 10.3. The van der Waals surface area contributed by atoms with Gasteiger partial charge >= 0.3 is 0 Å². The van der Waals surface area contributed by atoms with Gasteiger partial charge in [0.05, 0.1) is 24.7 Å². The number of likely N-dealkylation sites (N-methyl/N-ethyl adjacent to an activating group) is 1. The van der Waals surface area contributed by atoms with Crippen molar-refractivity contribution in [3.8, 4) is 0 Å². The molecule has 2 aromatic heterocycles. The summed E-state index contributed by atoms with van der Waals surface area (Å²) in [6, 6.07) is 0. The molecule has 0 saturated carbocycles. The number of fused-ring (bicyclic) bond motifs is 1. The molecule has 104 valence electrons. The van der Waals surface area contributed by atoms with Gasteiger partial charge in [0.2, 0.25) is 0 Å². The molecule has 0 radical (unpaired) electrons. The second-order valence-corrected chi connectivity index (χ2v) is 4.47. The Morgan fingerprint density at radius 2 is 2.21 bits per heavy atom. The van der Waals surface area contributed by atoms with Gasteiger partial charge in [-0.25, -0.2) is 9.97 Å². The van der Waals surface area contributed by atoms with Crippen molar-refractivity contribution in [2.45, 2.75) is 6.54 Å². The van der Waals surface area contributed by atoms with Crippen LogP contribution in [0, 0.1) is 0 Å². The van der Waals surface area contributed by atoms with Crippen LogP contribution in [-0.4, -0.2) is 59.0 Å². The Balaban J connectivity index is 2.25. The summed E-state index contributed by atoms with van der Waals surface area (Å²) >= 11 is 0. The first-order valence-electron chi connectivity index (χ1n) is 6.19. The van der Waals surface area contributed by atoms with Crippen molar-refractivity contribution in [2.24, 2.45) is 7.05 Å². The molecule has 2 rings (SSSR count). The maximum absolute atomic E-state index is 5.06. The Morgan fingerprint density at radius 1 is 1.42 bits per heavy atom. The van der Waals surface area contributed by atoms with Crippen LogP contribution in [0.2, 0.25) is 0 Å². The number of hydrogen-bond acceptors (Lipinski definition) is 6. The summed E-state index contributed by atoms with van der Waals surface area (Å²) in [6.45, 7) is 2.22. The number of aromatic nitrogens is 4. The summed E-state index contributed by atoms with van der Waals surface area (Å²) < 4.78 is 6.82. The number of anilines is 1. The average molecular weight is 264 g/mol. The van der Waals surface area contributed by atoms with Crippen LogP contribution in [0.3, 0.4) is 0 Å². The first-order valence-corrected chi connectivity index (χ1v) is 6.19. The van der Waals surface area contributed by atoms with Crippen molar-refractivity contribution in [1.29, 1.82) is 0 Å². The number of methoxy groups -OCH3 is 1. The molecule has 0 fully saturated rings. The minimum absolute atomic E-state index is 0.680. The van der Waals surface area contributed by atoms with Crippen molar-refractivity contribution in [2.75, 3.05) is 39.7 Å². The predicted molar refractivity (Wildman–Crippen MR) is 74.1 cm³/mol. The summed E-state index contributed by atoms with van der Waals surface area (Å²) in [5.41, 5.74) is 0.842. The molecule has 0 saturated heterocycles. The lowest BCUT2D eigenvalue weighted by molar-refractivity contribution is 0.157. The van der Waals surface area contributed by atoms with E-state index in [1.54, 1.807) is 18.0 Å². The molecular formula is C12H20N6O. The topological polar surface area (TPSA) is 68.1 Å². The van der Waals surface area contributed by atoms with Gasteiger partial charge < -0.3 is 10.1 Å². The van der Waals surface area contributed by atoms with Gasteiger partial charge in [0.1, 0.15) is 11.6 Å². The molecule has 19 heavy (non-hydrogen) atoms. The zero-order valence-electron chi connectivity index (χ0n) is 11.8. The molecule has 0 bridgehead atoms. The van der Waals surface area contributed by atoms with Gasteiger partial charge in [-0.1, -0.05) is 0 Å². The molecule has 0 unspecified atom stereocenters. The number of ether oxygens (including phenoxy) is 1. The standard InChI is InChI=1S/C12H20N6O/c1-13-11-9-7-14-18(3)12(9)16-10(15-11)8-17(2)5-6-19-4/h7H,5-6,8H2,1-4H3,(H,13,15,16). The van der Waals surface area contributed by atoms with Gasteiger partial charge in [0.15, 0.2) is 5.65 Å². The van der Waals surface area contributed by atoms with E-state index in [-0.39, 0.29) is 0 Å². The third kappa shape index (κ3) is 2.99. The van der Waals surface area contributed by atoms with Gasteiger partial charge in [-0.15, -0.1) is 0 Å². The third-order valence-electron chi connectivity index (χ3n) is 2.96. The third-order valence-corrected chi connectivity index (χ3v) is 2.96. The first kappa shape index (κ1) is 13.7. The van der Waals surface area contributed by atoms with Crippen LogP contribution in [0.25, 0.3) is 11.0 Å². The molecule has 7 heteroatoms. The maximum atomic E-state index is 5.06. The van der Waals surface area contributed by atoms with Gasteiger partial charge in [0, 0.05) is 27.7 Å². The van der Waals surface area contributed by atoms with Crippen LogP contribution in [0.15, 0.2) is 6.20 Å². The highest BCUT2D eigenvalue weighted by molar-refractivity contribution is 5.86. The first-order chi connectivity index (χ1) is 9.15. The molecule has 0 aliphatic heterocycles. The van der Waals surface area contributed by atoms with E-state index in [4.69, 9.17) is 4.74 Å². The predicted octanol–water partition coefficient (Wildman–Crippen LogP) is 0.483. The van der Waals surface area contributed by atoms with Gasteiger partial charge in [0.25, 0.3) is 0 Å². The Hall–Kier alpha value is -1.73. The summed E-state index contributed by atoms with van der Waals surface area (Å²) in [4.78, 5) is 11.2. The van der Waals surface area contributed by atoms with Crippen LogP contribution >= 0.6 is 0 Å². The summed E-state index contributed by atoms with van der Waals surface area (Å²) in [5, 5.41) is 8.25. The molecule has 0 atom stereocenters. The van der Waals surface area contributed by atoms with Crippen molar-refractivity contribution < 1.29 is 4.74 Å². The van der Waals surface area contributed by atoms with Crippen molar-refractivity contribution in [3.05, 3.63) is 12.0 Å². The molecule has 0 aliphatic rings. The summed E-state index contributed by atoms with van der Waals surface area (Å²) in [7, 11) is 7.46. The zero-order valence-corrected chi connectivity index (χ0v) is 11.8. The SMILES string of the molecule is CNc1nc(CN(C)CCOC)nc2c1cnn2C. The number of rotatable bonds is 6. The van der Waals surface area contributed by atoms with E-state index in [1.807, 2.05) is 21.1 Å². The lowest BCUT2D eigenvalue weighted by Gasteiger charge is -2.15. The molecule has 2 aromatic rings. The molecule has 0 aliphatic carbocycles. The largest absolute Gasteiger partial charge is 0.383 e. The monoisotopic (exact) mass is 264 g/mol. The lowest BCUT2D eigenvalue weighted by Crippen LogP contribution is -2.23. The van der Waals surface area contributed by atoms with Gasteiger partial charge in [-0.3, -0.25) is 9.58 Å². The minimum Gasteiger partial charge on any atom is -0.383 e. The van der Waals surface area contributed by atoms with E-state index < -0.39 is 0 Å². The van der Waals surface area contributed by atoms with Crippen LogP contribution in [0.5, 0.6) is 0 Å². The highest BCUT2D eigenvalue weighted by Crippen LogP contribution is 2.19. The van der Waals surface area contributed by atoms with Crippen molar-refractivity contribution in [1.82, 2.24) is 24.6 Å². The van der Waals surface area contributed by atoms with E-state index in [0.29, 0.717) is 13.2 Å². The Kier molecular flexibility index (Phi) is 4.28. The molecule has 2 heterocycles. The maximum Gasteiger partial charge on any atom is 0.163 e. The Bertz CT molecular complexity index is 552. The van der Waals surface area contributed by atoms with Crippen LogP contribution < -0.4 is 5.32 Å². The van der Waals surface area contributed by atoms with Crippen LogP contribution in [0.1, 0.15) is 5.82 Å². The molecule has 0 spiro atoms. The van der Waals surface area contributed by atoms with Crippen LogP contribution in [0.4, 0.5) is 5.82 Å². The quantitative estimate of drug-likeness (QED) is 0.818. The van der Waals surface area contributed by atoms with Crippen molar-refractivity contribution >= 4 is 16.9 Å². The summed E-state index contributed by atoms with van der Waals surface area (Å²) in [6.07, 6.45) is 1.78. The Morgan fingerprint density at radius 3 is 2.89 bits per heavy atom. The number of nitrogens with one attached hydrogen (secondary N) is 1. The second kappa shape index (κ2) is 5.94. The van der Waals surface area contributed by atoms with Gasteiger partial charge in [-0.05, 0) is 7.05 Å². The minimum atomic E-state index is 0.680. The fraction of sp³-hybridized carbons (Fsp3) is 0.583. The van der Waals surface area contributed by atoms with E-state index in [0.717, 1.165) is 29.2 Å². The Labute approximate surface area is 112 Å². The highest BCUT2D eigenvalue weighted by Gasteiger charge is 2.11. The smallest absolute Gasteiger partial charge is 0.163 e. The van der Waals surface area contributed by atoms with E-state index >= 15 is 0 Å². The molecule has 0 aromatic carbocycles. The zero-order chi connectivity index (χ0) is 13.8. The summed E-state index contributed by atoms with van der Waals surface area (Å²) in [5.74, 6) is 1.59. The van der Waals surface area contributed by atoms with Gasteiger partial charge in [-0.2, -0.15) is 5.10 Å². The highest BCUT2D eigenvalue weighted by atomic mass is 16.5. The van der Waals surface area contributed by atoms with E-state index in [9.17, 15) is 0 Å². The molecule has 1 N–H and O–H groups in total. The molecule has 0 amide bonds. The average Bonchev–Trinajstić information content (AvgIpc) is 2.77. The number of aryl methyl sites for hydroxylation is 1. The van der Waals surface area contributed by atoms with E-state index in [2.05, 4.69) is 25.3 Å². The fourth-order valence-corrected chi connectivity index (χ4v) is 1.90.